The molecule has 3 rings (SSSR count). The number of hydrogen-bond donors (Lipinski definition) is 2. The van der Waals surface area contributed by atoms with Gasteiger partial charge in [-0.15, -0.1) is 0 Å². The quantitative estimate of drug-likeness (QED) is 0.878. The van der Waals surface area contributed by atoms with Crippen LogP contribution < -0.4 is 5.32 Å². The summed E-state index contributed by atoms with van der Waals surface area (Å²) in [5.41, 5.74) is 0.510. The van der Waals surface area contributed by atoms with E-state index >= 15 is 0 Å². The molecule has 0 radical (unpaired) electrons. The molecule has 0 aromatic carbocycles. The van der Waals surface area contributed by atoms with Gasteiger partial charge in [0.2, 0.25) is 0 Å². The van der Waals surface area contributed by atoms with Gasteiger partial charge >= 0.3 is 5.97 Å². The molecular weight excluding hydrogens is 246 g/mol. The van der Waals surface area contributed by atoms with E-state index in [1.54, 1.807) is 22.7 Å². The minimum absolute atomic E-state index is 0.156. The van der Waals surface area contributed by atoms with Crippen LogP contribution in [0.4, 0.5) is 5.82 Å². The Labute approximate surface area is 110 Å². The van der Waals surface area contributed by atoms with E-state index in [-0.39, 0.29) is 11.2 Å². The third-order valence-corrected chi connectivity index (χ3v) is 3.37. The predicted molar refractivity (Wildman–Crippen MR) is 69.6 cm³/mol. The van der Waals surface area contributed by atoms with E-state index in [9.17, 15) is 9.90 Å². The zero-order chi connectivity index (χ0) is 13.5. The van der Waals surface area contributed by atoms with E-state index in [1.165, 1.54) is 0 Å². The lowest BCUT2D eigenvalue weighted by atomic mass is 10.0. The van der Waals surface area contributed by atoms with Crippen molar-refractivity contribution in [1.82, 2.24) is 9.38 Å². The Morgan fingerprint density at radius 3 is 3.11 bits per heavy atom. The van der Waals surface area contributed by atoms with Crippen LogP contribution in [0.1, 0.15) is 23.8 Å². The van der Waals surface area contributed by atoms with Gasteiger partial charge in [0.15, 0.2) is 11.5 Å². The number of anilines is 1. The van der Waals surface area contributed by atoms with Crippen molar-refractivity contribution >= 4 is 17.4 Å². The van der Waals surface area contributed by atoms with Crippen molar-refractivity contribution in [3.8, 4) is 0 Å². The van der Waals surface area contributed by atoms with Crippen LogP contribution in [0.2, 0.25) is 0 Å². The van der Waals surface area contributed by atoms with E-state index in [0.29, 0.717) is 24.7 Å². The molecule has 0 saturated carbocycles. The molecule has 1 aliphatic rings. The number of aromatic nitrogens is 2. The zero-order valence-electron chi connectivity index (χ0n) is 10.6. The number of aromatic carboxylic acids is 1. The summed E-state index contributed by atoms with van der Waals surface area (Å²) in [6.07, 6.45) is 2.53. The van der Waals surface area contributed by atoms with Crippen LogP contribution in [0, 0.1) is 0 Å². The Morgan fingerprint density at radius 1 is 1.58 bits per heavy atom. The Kier molecular flexibility index (Phi) is 2.67. The molecule has 0 aliphatic carbocycles. The summed E-state index contributed by atoms with van der Waals surface area (Å²) in [6, 6.07) is 5.40. The molecule has 1 fully saturated rings. The van der Waals surface area contributed by atoms with Gasteiger partial charge in [0.05, 0.1) is 12.1 Å². The molecule has 19 heavy (non-hydrogen) atoms. The fraction of sp³-hybridized carbons (Fsp3) is 0.385. The van der Waals surface area contributed by atoms with Crippen molar-refractivity contribution in [3.63, 3.8) is 0 Å². The third-order valence-electron chi connectivity index (χ3n) is 3.37. The maximum Gasteiger partial charge on any atom is 0.356 e. The summed E-state index contributed by atoms with van der Waals surface area (Å²) in [6.45, 7) is 3.24. The monoisotopic (exact) mass is 261 g/mol. The summed E-state index contributed by atoms with van der Waals surface area (Å²) in [5.74, 6) is -0.601. The van der Waals surface area contributed by atoms with Gasteiger partial charge in [-0.05, 0) is 25.5 Å². The second-order valence-corrected chi connectivity index (χ2v) is 5.03. The van der Waals surface area contributed by atoms with Gasteiger partial charge in [-0.25, -0.2) is 9.78 Å². The summed E-state index contributed by atoms with van der Waals surface area (Å²) in [5, 5.41) is 12.6. The average Bonchev–Trinajstić information content (AvgIpc) is 2.92. The van der Waals surface area contributed by atoms with Gasteiger partial charge in [-0.1, -0.05) is 6.07 Å². The maximum atomic E-state index is 11.4. The predicted octanol–water partition coefficient (Wildman–Crippen LogP) is 1.62. The van der Waals surface area contributed by atoms with E-state index in [0.717, 1.165) is 6.42 Å². The Hall–Kier alpha value is -2.08. The molecular formula is C13H15N3O3. The third kappa shape index (κ3) is 2.04. The summed E-state index contributed by atoms with van der Waals surface area (Å²) < 4.78 is 6.94. The Morgan fingerprint density at radius 2 is 2.42 bits per heavy atom. The lowest BCUT2D eigenvalue weighted by Crippen LogP contribution is -2.35. The highest BCUT2D eigenvalue weighted by Gasteiger charge is 2.32. The maximum absolute atomic E-state index is 11.4. The van der Waals surface area contributed by atoms with E-state index in [1.807, 2.05) is 13.0 Å². The standard InChI is InChI=1S/C13H15N3O3/c1-13(5-7-19-8-13)15-11-10(12(17)18)16-6-3-2-4-9(16)14-11/h2-4,6,15H,5,7-8H2,1H3,(H,17,18). The normalized spacial score (nSPS) is 22.8. The van der Waals surface area contributed by atoms with Crippen LogP contribution in [0.3, 0.4) is 0 Å². The van der Waals surface area contributed by atoms with Crippen molar-refractivity contribution in [2.75, 3.05) is 18.5 Å². The first-order chi connectivity index (χ1) is 9.09. The molecule has 1 saturated heterocycles. The van der Waals surface area contributed by atoms with E-state index in [4.69, 9.17) is 4.74 Å². The Balaban J connectivity index is 2.07. The molecule has 6 heteroatoms. The molecule has 2 aromatic rings. The van der Waals surface area contributed by atoms with Crippen LogP contribution in [0.5, 0.6) is 0 Å². The van der Waals surface area contributed by atoms with Gasteiger partial charge < -0.3 is 15.2 Å². The first-order valence-electron chi connectivity index (χ1n) is 6.15. The molecule has 2 N–H and O–H groups in total. The van der Waals surface area contributed by atoms with Gasteiger partial charge in [-0.3, -0.25) is 4.40 Å². The number of rotatable bonds is 3. The lowest BCUT2D eigenvalue weighted by molar-refractivity contribution is 0.0690. The molecule has 1 atom stereocenters. The van der Waals surface area contributed by atoms with Gasteiger partial charge in [0.25, 0.3) is 0 Å². The molecule has 0 amide bonds. The lowest BCUT2D eigenvalue weighted by Gasteiger charge is -2.23. The van der Waals surface area contributed by atoms with E-state index < -0.39 is 5.97 Å². The molecule has 0 spiro atoms. The number of carboxylic acid groups (broad SMARTS) is 1. The molecule has 6 nitrogen and oxygen atoms in total. The smallest absolute Gasteiger partial charge is 0.356 e. The first-order valence-corrected chi connectivity index (χ1v) is 6.15. The molecule has 100 valence electrons. The number of pyridine rings is 1. The Bertz CT molecular complexity index is 629. The molecule has 3 heterocycles. The number of imidazole rings is 1. The number of carbonyl (C=O) groups is 1. The fourth-order valence-corrected chi connectivity index (χ4v) is 2.34. The van der Waals surface area contributed by atoms with Crippen LogP contribution in [-0.2, 0) is 4.74 Å². The minimum atomic E-state index is -0.997. The summed E-state index contributed by atoms with van der Waals surface area (Å²) in [4.78, 5) is 15.8. The number of ether oxygens (including phenoxy) is 1. The highest BCUT2D eigenvalue weighted by molar-refractivity contribution is 5.93. The first kappa shape index (κ1) is 12.0. The van der Waals surface area contributed by atoms with Crippen molar-refractivity contribution in [1.29, 1.82) is 0 Å². The largest absolute Gasteiger partial charge is 0.476 e. The highest BCUT2D eigenvalue weighted by atomic mass is 16.5. The number of hydrogen-bond acceptors (Lipinski definition) is 4. The second kappa shape index (κ2) is 4.24. The number of fused-ring (bicyclic) bond motifs is 1. The second-order valence-electron chi connectivity index (χ2n) is 5.03. The van der Waals surface area contributed by atoms with Crippen LogP contribution in [0.15, 0.2) is 24.4 Å². The fourth-order valence-electron chi connectivity index (χ4n) is 2.34. The molecule has 0 bridgehead atoms. The van der Waals surface area contributed by atoms with Gasteiger partial charge in [0.1, 0.15) is 5.65 Å². The summed E-state index contributed by atoms with van der Waals surface area (Å²) >= 11 is 0. The van der Waals surface area contributed by atoms with Crippen LogP contribution in [0.25, 0.3) is 5.65 Å². The van der Waals surface area contributed by atoms with Crippen molar-refractivity contribution in [2.45, 2.75) is 18.9 Å². The van der Waals surface area contributed by atoms with Crippen LogP contribution in [-0.4, -0.2) is 39.2 Å². The molecule has 2 aromatic heterocycles. The van der Waals surface area contributed by atoms with Gasteiger partial charge in [0, 0.05) is 12.8 Å². The van der Waals surface area contributed by atoms with Gasteiger partial charge in [-0.2, -0.15) is 0 Å². The van der Waals surface area contributed by atoms with Crippen LogP contribution >= 0.6 is 0 Å². The topological polar surface area (TPSA) is 75.9 Å². The number of carboxylic acids is 1. The number of nitrogens with one attached hydrogen (secondary N) is 1. The van der Waals surface area contributed by atoms with Crippen molar-refractivity contribution < 1.29 is 14.6 Å². The van der Waals surface area contributed by atoms with Crippen molar-refractivity contribution in [3.05, 3.63) is 30.1 Å². The summed E-state index contributed by atoms with van der Waals surface area (Å²) in [7, 11) is 0. The number of nitrogens with zero attached hydrogens (tertiary/aromatic N) is 2. The van der Waals surface area contributed by atoms with E-state index in [2.05, 4.69) is 10.3 Å². The minimum Gasteiger partial charge on any atom is -0.476 e. The molecule has 1 unspecified atom stereocenters. The average molecular weight is 261 g/mol. The molecule has 1 aliphatic heterocycles. The highest BCUT2D eigenvalue weighted by Crippen LogP contribution is 2.26. The SMILES string of the molecule is CC1(Nc2nc3ccccn3c2C(=O)O)CCOC1. The van der Waals surface area contributed by atoms with Crippen molar-refractivity contribution in [2.24, 2.45) is 0 Å². The zero-order valence-corrected chi connectivity index (χ0v) is 10.6.